The zero-order chi connectivity index (χ0) is 13.1. The first kappa shape index (κ1) is 16.8. The van der Waals surface area contributed by atoms with Crippen LogP contribution in [0.2, 0.25) is 0 Å². The number of rotatable bonds is 11. The predicted octanol–water partition coefficient (Wildman–Crippen LogP) is 1.22. The SMILES string of the molecule is COCCCOCCNCC(C)(C)CN(C)C. The lowest BCUT2D eigenvalue weighted by atomic mass is 9.93. The first-order valence-electron chi connectivity index (χ1n) is 6.40. The van der Waals surface area contributed by atoms with Gasteiger partial charge in [-0.2, -0.15) is 0 Å². The minimum absolute atomic E-state index is 0.305. The molecular formula is C13H30N2O2. The highest BCUT2D eigenvalue weighted by atomic mass is 16.5. The van der Waals surface area contributed by atoms with Gasteiger partial charge in [0.15, 0.2) is 0 Å². The third-order valence-electron chi connectivity index (χ3n) is 2.41. The van der Waals surface area contributed by atoms with Gasteiger partial charge in [0, 0.05) is 40.0 Å². The van der Waals surface area contributed by atoms with E-state index in [-0.39, 0.29) is 0 Å². The second-order valence-corrected chi connectivity index (χ2v) is 5.54. The minimum Gasteiger partial charge on any atom is -0.385 e. The van der Waals surface area contributed by atoms with Crippen LogP contribution in [0.1, 0.15) is 20.3 Å². The van der Waals surface area contributed by atoms with E-state index >= 15 is 0 Å². The van der Waals surface area contributed by atoms with E-state index in [0.29, 0.717) is 5.41 Å². The first-order chi connectivity index (χ1) is 7.98. The maximum absolute atomic E-state index is 5.48. The third-order valence-corrected chi connectivity index (χ3v) is 2.41. The van der Waals surface area contributed by atoms with Crippen molar-refractivity contribution in [2.75, 3.05) is 60.7 Å². The molecule has 0 radical (unpaired) electrons. The lowest BCUT2D eigenvalue weighted by Gasteiger charge is -2.28. The lowest BCUT2D eigenvalue weighted by molar-refractivity contribution is 0.102. The normalized spacial score (nSPS) is 12.4. The zero-order valence-corrected chi connectivity index (χ0v) is 12.2. The highest BCUT2D eigenvalue weighted by molar-refractivity contribution is 4.73. The molecule has 0 aromatic carbocycles. The first-order valence-corrected chi connectivity index (χ1v) is 6.40. The summed E-state index contributed by atoms with van der Waals surface area (Å²) in [6.45, 7) is 9.94. The van der Waals surface area contributed by atoms with E-state index in [1.54, 1.807) is 7.11 Å². The largest absolute Gasteiger partial charge is 0.385 e. The average Bonchev–Trinajstić information content (AvgIpc) is 2.20. The van der Waals surface area contributed by atoms with E-state index in [2.05, 4.69) is 38.2 Å². The third kappa shape index (κ3) is 12.1. The van der Waals surface area contributed by atoms with Crippen LogP contribution in [0.5, 0.6) is 0 Å². The predicted molar refractivity (Wildman–Crippen MR) is 72.5 cm³/mol. The molecule has 17 heavy (non-hydrogen) atoms. The molecule has 0 aromatic rings. The maximum atomic E-state index is 5.48. The van der Waals surface area contributed by atoms with Crippen molar-refractivity contribution in [3.05, 3.63) is 0 Å². The number of hydrogen-bond donors (Lipinski definition) is 1. The molecule has 0 aliphatic heterocycles. The summed E-state index contributed by atoms with van der Waals surface area (Å²) < 4.78 is 10.4. The molecule has 104 valence electrons. The molecule has 0 fully saturated rings. The van der Waals surface area contributed by atoms with Crippen LogP contribution in [0.3, 0.4) is 0 Å². The number of hydrogen-bond acceptors (Lipinski definition) is 4. The van der Waals surface area contributed by atoms with E-state index in [1.807, 2.05) is 0 Å². The Balaban J connectivity index is 3.32. The highest BCUT2D eigenvalue weighted by Gasteiger charge is 2.17. The van der Waals surface area contributed by atoms with E-state index in [1.165, 1.54) is 0 Å². The number of nitrogens with one attached hydrogen (secondary N) is 1. The minimum atomic E-state index is 0.305. The highest BCUT2D eigenvalue weighted by Crippen LogP contribution is 2.13. The molecule has 0 amide bonds. The van der Waals surface area contributed by atoms with Gasteiger partial charge in [0.25, 0.3) is 0 Å². The Hall–Kier alpha value is -0.160. The van der Waals surface area contributed by atoms with Crippen LogP contribution in [0.4, 0.5) is 0 Å². The molecule has 0 saturated heterocycles. The monoisotopic (exact) mass is 246 g/mol. The molecule has 4 nitrogen and oxygen atoms in total. The van der Waals surface area contributed by atoms with Gasteiger partial charge in [-0.3, -0.25) is 0 Å². The molecule has 0 heterocycles. The number of ether oxygens (including phenoxy) is 2. The van der Waals surface area contributed by atoms with Gasteiger partial charge >= 0.3 is 0 Å². The van der Waals surface area contributed by atoms with Crippen LogP contribution >= 0.6 is 0 Å². The maximum Gasteiger partial charge on any atom is 0.0590 e. The van der Waals surface area contributed by atoms with Gasteiger partial charge in [0.2, 0.25) is 0 Å². The van der Waals surface area contributed by atoms with Crippen molar-refractivity contribution in [3.63, 3.8) is 0 Å². The molecule has 1 N–H and O–H groups in total. The Kier molecular flexibility index (Phi) is 9.74. The van der Waals surface area contributed by atoms with Crippen molar-refractivity contribution in [3.8, 4) is 0 Å². The summed E-state index contributed by atoms with van der Waals surface area (Å²) in [6.07, 6.45) is 0.975. The van der Waals surface area contributed by atoms with Crippen LogP contribution in [-0.2, 0) is 9.47 Å². The Bertz CT molecular complexity index is 173. The summed E-state index contributed by atoms with van der Waals surface area (Å²) in [5.74, 6) is 0. The second-order valence-electron chi connectivity index (χ2n) is 5.54. The Morgan fingerprint density at radius 1 is 1.12 bits per heavy atom. The fourth-order valence-electron chi connectivity index (χ4n) is 1.89. The van der Waals surface area contributed by atoms with Gasteiger partial charge in [-0.25, -0.2) is 0 Å². The smallest absolute Gasteiger partial charge is 0.0590 e. The summed E-state index contributed by atoms with van der Waals surface area (Å²) in [4.78, 5) is 2.23. The average molecular weight is 246 g/mol. The molecule has 0 aromatic heterocycles. The molecule has 4 heteroatoms. The summed E-state index contributed by atoms with van der Waals surface area (Å²) >= 11 is 0. The van der Waals surface area contributed by atoms with Crippen LogP contribution in [0.25, 0.3) is 0 Å². The van der Waals surface area contributed by atoms with E-state index in [9.17, 15) is 0 Å². The second kappa shape index (κ2) is 9.83. The summed E-state index contributed by atoms with van der Waals surface area (Å²) in [5.41, 5.74) is 0.305. The molecule has 0 rings (SSSR count). The Morgan fingerprint density at radius 2 is 1.82 bits per heavy atom. The number of methoxy groups -OCH3 is 1. The van der Waals surface area contributed by atoms with Crippen LogP contribution < -0.4 is 5.32 Å². The van der Waals surface area contributed by atoms with Crippen molar-refractivity contribution in [1.82, 2.24) is 10.2 Å². The van der Waals surface area contributed by atoms with Crippen molar-refractivity contribution < 1.29 is 9.47 Å². The van der Waals surface area contributed by atoms with Gasteiger partial charge in [-0.05, 0) is 25.9 Å². The van der Waals surface area contributed by atoms with E-state index in [0.717, 1.165) is 45.9 Å². The zero-order valence-electron chi connectivity index (χ0n) is 12.2. The van der Waals surface area contributed by atoms with Gasteiger partial charge in [0.1, 0.15) is 0 Å². The number of nitrogens with zero attached hydrogens (tertiary/aromatic N) is 1. The van der Waals surface area contributed by atoms with Gasteiger partial charge < -0.3 is 19.7 Å². The van der Waals surface area contributed by atoms with Crippen LogP contribution in [-0.4, -0.2) is 65.6 Å². The molecule has 0 bridgehead atoms. The van der Waals surface area contributed by atoms with Crippen LogP contribution in [0.15, 0.2) is 0 Å². The molecule has 0 aliphatic carbocycles. The summed E-state index contributed by atoms with van der Waals surface area (Å²) in [7, 11) is 5.94. The standard InChI is InChI=1S/C13H30N2O2/c1-13(2,12-15(3)4)11-14-7-10-17-9-6-8-16-5/h14H,6-12H2,1-5H3. The fourth-order valence-corrected chi connectivity index (χ4v) is 1.89. The van der Waals surface area contributed by atoms with Crippen molar-refractivity contribution in [2.45, 2.75) is 20.3 Å². The topological polar surface area (TPSA) is 33.7 Å². The summed E-state index contributed by atoms with van der Waals surface area (Å²) in [6, 6.07) is 0. The van der Waals surface area contributed by atoms with Gasteiger partial charge in [0.05, 0.1) is 6.61 Å². The fraction of sp³-hybridized carbons (Fsp3) is 1.00. The molecule has 0 aliphatic rings. The van der Waals surface area contributed by atoms with Crippen molar-refractivity contribution in [1.29, 1.82) is 0 Å². The van der Waals surface area contributed by atoms with Crippen molar-refractivity contribution >= 4 is 0 Å². The quantitative estimate of drug-likeness (QED) is 0.556. The molecular weight excluding hydrogens is 216 g/mol. The molecule has 0 spiro atoms. The Morgan fingerprint density at radius 3 is 2.41 bits per heavy atom. The molecule has 0 unspecified atom stereocenters. The van der Waals surface area contributed by atoms with E-state index in [4.69, 9.17) is 9.47 Å². The molecule has 0 atom stereocenters. The molecule has 0 saturated carbocycles. The lowest BCUT2D eigenvalue weighted by Crippen LogP contribution is -2.38. The van der Waals surface area contributed by atoms with E-state index < -0.39 is 0 Å². The van der Waals surface area contributed by atoms with Crippen molar-refractivity contribution in [2.24, 2.45) is 5.41 Å². The summed E-state index contributed by atoms with van der Waals surface area (Å²) in [5, 5.41) is 3.44. The van der Waals surface area contributed by atoms with Gasteiger partial charge in [-0.15, -0.1) is 0 Å². The van der Waals surface area contributed by atoms with Crippen LogP contribution in [0, 0.1) is 5.41 Å². The Labute approximate surface area is 107 Å². The van der Waals surface area contributed by atoms with Gasteiger partial charge in [-0.1, -0.05) is 13.8 Å².